The first-order valence-electron chi connectivity index (χ1n) is 6.13. The van der Waals surface area contributed by atoms with Crippen molar-refractivity contribution in [3.63, 3.8) is 0 Å². The van der Waals surface area contributed by atoms with Gasteiger partial charge in [0.25, 0.3) is 5.91 Å². The molecular formula is C14H12N2O4. The minimum absolute atomic E-state index is 0.105. The number of amides is 1. The molecule has 20 heavy (non-hydrogen) atoms. The van der Waals surface area contributed by atoms with E-state index in [0.29, 0.717) is 16.9 Å². The summed E-state index contributed by atoms with van der Waals surface area (Å²) in [4.78, 5) is 29.1. The Morgan fingerprint density at radius 2 is 2.15 bits per heavy atom. The van der Waals surface area contributed by atoms with Crippen molar-refractivity contribution in [3.8, 4) is 0 Å². The van der Waals surface area contributed by atoms with Crippen molar-refractivity contribution >= 4 is 17.6 Å². The van der Waals surface area contributed by atoms with E-state index in [1.54, 1.807) is 31.2 Å². The van der Waals surface area contributed by atoms with Crippen LogP contribution in [0.2, 0.25) is 0 Å². The molecule has 0 saturated heterocycles. The second-order valence-corrected chi connectivity index (χ2v) is 4.63. The number of carboxylic acids is 1. The van der Waals surface area contributed by atoms with Crippen LogP contribution in [0.15, 0.2) is 35.1 Å². The average Bonchev–Trinajstić information content (AvgIpc) is 3.01. The minimum Gasteiger partial charge on any atom is -0.481 e. The summed E-state index contributed by atoms with van der Waals surface area (Å²) in [6.07, 6.45) is 1.21. The van der Waals surface area contributed by atoms with Gasteiger partial charge in [0.1, 0.15) is 5.92 Å². The summed E-state index contributed by atoms with van der Waals surface area (Å²) >= 11 is 0. The van der Waals surface area contributed by atoms with Gasteiger partial charge in [-0.2, -0.15) is 0 Å². The molecule has 0 bridgehead atoms. The van der Waals surface area contributed by atoms with Gasteiger partial charge in [0.2, 0.25) is 5.76 Å². The van der Waals surface area contributed by atoms with E-state index in [9.17, 15) is 14.7 Å². The number of para-hydroxylation sites is 1. The summed E-state index contributed by atoms with van der Waals surface area (Å²) in [7, 11) is 0. The molecule has 102 valence electrons. The predicted molar refractivity (Wildman–Crippen MR) is 69.7 cm³/mol. The minimum atomic E-state index is -0.943. The number of aryl methyl sites for hydroxylation is 1. The molecule has 1 unspecified atom stereocenters. The maximum atomic E-state index is 12.5. The number of anilines is 1. The van der Waals surface area contributed by atoms with Crippen molar-refractivity contribution in [1.82, 2.24) is 4.98 Å². The number of nitrogens with zero attached hydrogens (tertiary/aromatic N) is 2. The first-order chi connectivity index (χ1) is 9.59. The summed E-state index contributed by atoms with van der Waals surface area (Å²) in [5, 5.41) is 9.27. The van der Waals surface area contributed by atoms with E-state index in [1.165, 1.54) is 11.3 Å². The molecule has 6 heteroatoms. The highest BCUT2D eigenvalue weighted by molar-refractivity contribution is 6.07. The highest BCUT2D eigenvalue weighted by Crippen LogP contribution is 2.37. The molecule has 2 aromatic rings. The second-order valence-electron chi connectivity index (χ2n) is 4.63. The first-order valence-corrected chi connectivity index (χ1v) is 6.13. The summed E-state index contributed by atoms with van der Waals surface area (Å²) in [6.45, 7) is 1.78. The maximum absolute atomic E-state index is 12.5. The summed E-state index contributed by atoms with van der Waals surface area (Å²) < 4.78 is 5.10. The van der Waals surface area contributed by atoms with Crippen molar-refractivity contribution in [2.75, 3.05) is 11.4 Å². The quantitative estimate of drug-likeness (QED) is 0.901. The average molecular weight is 272 g/mol. The standard InChI is InChI=1S/C14H12N2O4/c1-8-12(20-7-15-8)13(17)16-6-10(14(18)19)9-4-2-3-5-11(9)16/h2-5,7,10H,6H2,1H3,(H,18,19). The van der Waals surface area contributed by atoms with Crippen LogP contribution in [0.4, 0.5) is 5.69 Å². The van der Waals surface area contributed by atoms with Gasteiger partial charge in [0.05, 0.1) is 5.69 Å². The number of carbonyl (C=O) groups is 2. The molecule has 0 aliphatic carbocycles. The number of aliphatic carboxylic acids is 1. The fraction of sp³-hybridized carbons (Fsp3) is 0.214. The van der Waals surface area contributed by atoms with Crippen LogP contribution < -0.4 is 4.90 Å². The molecule has 6 nitrogen and oxygen atoms in total. The van der Waals surface area contributed by atoms with Gasteiger partial charge in [0.15, 0.2) is 6.39 Å². The Kier molecular flexibility index (Phi) is 2.78. The molecule has 2 heterocycles. The fourth-order valence-corrected chi connectivity index (χ4v) is 2.44. The number of benzene rings is 1. The number of rotatable bonds is 2. The first kappa shape index (κ1) is 12.4. The van der Waals surface area contributed by atoms with E-state index in [-0.39, 0.29) is 18.2 Å². The van der Waals surface area contributed by atoms with Crippen LogP contribution >= 0.6 is 0 Å². The van der Waals surface area contributed by atoms with E-state index in [4.69, 9.17) is 4.42 Å². The lowest BCUT2D eigenvalue weighted by Gasteiger charge is -2.15. The Morgan fingerprint density at radius 3 is 2.80 bits per heavy atom. The molecule has 3 rings (SSSR count). The van der Waals surface area contributed by atoms with Gasteiger partial charge in [0, 0.05) is 12.2 Å². The molecule has 0 fully saturated rings. The van der Waals surface area contributed by atoms with Crippen molar-refractivity contribution in [1.29, 1.82) is 0 Å². The lowest BCUT2D eigenvalue weighted by molar-refractivity contribution is -0.138. The third kappa shape index (κ3) is 1.77. The molecular weight excluding hydrogens is 260 g/mol. The Bertz CT molecular complexity index is 692. The Labute approximate surface area is 114 Å². The van der Waals surface area contributed by atoms with Crippen LogP contribution in [-0.2, 0) is 4.79 Å². The number of oxazole rings is 1. The van der Waals surface area contributed by atoms with Crippen LogP contribution in [0, 0.1) is 6.92 Å². The van der Waals surface area contributed by atoms with Gasteiger partial charge >= 0.3 is 5.97 Å². The Hall–Kier alpha value is -2.63. The van der Waals surface area contributed by atoms with Crippen molar-refractivity contribution in [2.24, 2.45) is 0 Å². The maximum Gasteiger partial charge on any atom is 0.312 e. The van der Waals surface area contributed by atoms with Gasteiger partial charge in [-0.05, 0) is 18.6 Å². The lowest BCUT2D eigenvalue weighted by atomic mass is 10.0. The molecule has 1 aromatic carbocycles. The van der Waals surface area contributed by atoms with Crippen molar-refractivity contribution in [2.45, 2.75) is 12.8 Å². The van der Waals surface area contributed by atoms with E-state index in [2.05, 4.69) is 4.98 Å². The molecule has 1 aromatic heterocycles. The summed E-state index contributed by atoms with van der Waals surface area (Å²) in [6, 6.07) is 7.01. The summed E-state index contributed by atoms with van der Waals surface area (Å²) in [5.74, 6) is -1.87. The summed E-state index contributed by atoms with van der Waals surface area (Å²) in [5.41, 5.74) is 1.75. The van der Waals surface area contributed by atoms with E-state index < -0.39 is 11.9 Å². The highest BCUT2D eigenvalue weighted by atomic mass is 16.4. The van der Waals surface area contributed by atoms with Crippen molar-refractivity contribution in [3.05, 3.63) is 47.7 Å². The van der Waals surface area contributed by atoms with Crippen LogP contribution in [0.1, 0.15) is 27.7 Å². The third-order valence-corrected chi connectivity index (χ3v) is 3.45. The Morgan fingerprint density at radius 1 is 1.40 bits per heavy atom. The Balaban J connectivity index is 2.03. The number of carbonyl (C=O) groups excluding carboxylic acids is 1. The van der Waals surface area contributed by atoms with E-state index in [1.807, 2.05) is 0 Å². The number of carboxylic acid groups (broad SMARTS) is 1. The second kappa shape index (κ2) is 4.48. The van der Waals surface area contributed by atoms with Gasteiger partial charge in [-0.3, -0.25) is 9.59 Å². The monoisotopic (exact) mass is 272 g/mol. The lowest BCUT2D eigenvalue weighted by Crippen LogP contribution is -2.31. The van der Waals surface area contributed by atoms with Crippen LogP contribution in [-0.4, -0.2) is 28.5 Å². The highest BCUT2D eigenvalue weighted by Gasteiger charge is 2.37. The molecule has 1 aliphatic rings. The molecule has 0 spiro atoms. The van der Waals surface area contributed by atoms with Gasteiger partial charge in [-0.25, -0.2) is 4.98 Å². The van der Waals surface area contributed by atoms with Gasteiger partial charge < -0.3 is 14.4 Å². The molecule has 1 atom stereocenters. The third-order valence-electron chi connectivity index (χ3n) is 3.45. The number of hydrogen-bond acceptors (Lipinski definition) is 4. The number of fused-ring (bicyclic) bond motifs is 1. The van der Waals surface area contributed by atoms with Crippen molar-refractivity contribution < 1.29 is 19.1 Å². The SMILES string of the molecule is Cc1ncoc1C(=O)N1CC(C(=O)O)c2ccccc21. The van der Waals surface area contributed by atoms with E-state index in [0.717, 1.165) is 0 Å². The zero-order valence-electron chi connectivity index (χ0n) is 10.7. The predicted octanol–water partition coefficient (Wildman–Crippen LogP) is 1.81. The topological polar surface area (TPSA) is 83.6 Å². The van der Waals surface area contributed by atoms with Gasteiger partial charge in [-0.15, -0.1) is 0 Å². The molecule has 1 amide bonds. The molecule has 0 radical (unpaired) electrons. The number of aromatic nitrogens is 1. The zero-order valence-corrected chi connectivity index (χ0v) is 10.7. The zero-order chi connectivity index (χ0) is 14.3. The smallest absolute Gasteiger partial charge is 0.312 e. The van der Waals surface area contributed by atoms with E-state index >= 15 is 0 Å². The number of hydrogen-bond donors (Lipinski definition) is 1. The van der Waals surface area contributed by atoms with Crippen LogP contribution in [0.25, 0.3) is 0 Å². The molecule has 0 saturated carbocycles. The fourth-order valence-electron chi connectivity index (χ4n) is 2.44. The molecule has 1 N–H and O–H groups in total. The molecule has 1 aliphatic heterocycles. The van der Waals surface area contributed by atoms with Crippen LogP contribution in [0.5, 0.6) is 0 Å². The van der Waals surface area contributed by atoms with Gasteiger partial charge in [-0.1, -0.05) is 18.2 Å². The normalized spacial score (nSPS) is 17.1. The largest absolute Gasteiger partial charge is 0.481 e. The van der Waals surface area contributed by atoms with Crippen LogP contribution in [0.3, 0.4) is 0 Å².